The van der Waals surface area contributed by atoms with Crippen LogP contribution in [0.2, 0.25) is 0 Å². The van der Waals surface area contributed by atoms with Crippen molar-refractivity contribution in [2.75, 3.05) is 26.1 Å². The van der Waals surface area contributed by atoms with Gasteiger partial charge in [0.05, 0.1) is 6.54 Å². The molecule has 1 aromatic rings. The largest absolute Gasteiger partial charge is 0.357 e. The number of nitrogens with one attached hydrogen (secondary N) is 2. The summed E-state index contributed by atoms with van der Waals surface area (Å²) in [6.07, 6.45) is -0.296. The van der Waals surface area contributed by atoms with Crippen LogP contribution >= 0.6 is 12.2 Å². The van der Waals surface area contributed by atoms with Crippen LogP contribution in [0.4, 0.5) is 5.69 Å². The van der Waals surface area contributed by atoms with Gasteiger partial charge in [-0.05, 0) is 24.4 Å². The molecule has 16 heavy (non-hydrogen) atoms. The smallest absolute Gasteiger partial charge is 0.174 e. The van der Waals surface area contributed by atoms with E-state index in [1.54, 1.807) is 14.2 Å². The van der Waals surface area contributed by atoms with Gasteiger partial charge in [0, 0.05) is 19.9 Å². The van der Waals surface area contributed by atoms with Crippen LogP contribution < -0.4 is 10.6 Å². The third-order valence-electron chi connectivity index (χ3n) is 1.99. The summed E-state index contributed by atoms with van der Waals surface area (Å²) < 4.78 is 10.1. The van der Waals surface area contributed by atoms with Crippen molar-refractivity contribution in [1.29, 1.82) is 0 Å². The van der Waals surface area contributed by atoms with Gasteiger partial charge in [-0.25, -0.2) is 0 Å². The Balaban J connectivity index is 2.31. The van der Waals surface area contributed by atoms with E-state index in [0.717, 1.165) is 5.69 Å². The maximum Gasteiger partial charge on any atom is 0.174 e. The van der Waals surface area contributed by atoms with Crippen molar-refractivity contribution in [3.8, 4) is 0 Å². The average Bonchev–Trinajstić information content (AvgIpc) is 2.31. The molecule has 0 radical (unpaired) electrons. The highest BCUT2D eigenvalue weighted by atomic mass is 32.1. The molecule has 88 valence electrons. The molecule has 0 unspecified atom stereocenters. The molecule has 0 bridgehead atoms. The Morgan fingerprint density at radius 2 is 1.88 bits per heavy atom. The van der Waals surface area contributed by atoms with E-state index in [9.17, 15) is 0 Å². The molecule has 0 aromatic heterocycles. The summed E-state index contributed by atoms with van der Waals surface area (Å²) in [7, 11) is 3.17. The Bertz CT molecular complexity index is 315. The topological polar surface area (TPSA) is 42.5 Å². The average molecular weight is 240 g/mol. The van der Waals surface area contributed by atoms with Gasteiger partial charge in [-0.3, -0.25) is 0 Å². The van der Waals surface area contributed by atoms with Crippen LogP contribution in [0.15, 0.2) is 30.3 Å². The number of hydrogen-bond acceptors (Lipinski definition) is 3. The zero-order valence-electron chi connectivity index (χ0n) is 9.40. The molecule has 0 atom stereocenters. The van der Waals surface area contributed by atoms with Gasteiger partial charge in [-0.15, -0.1) is 0 Å². The quantitative estimate of drug-likeness (QED) is 0.604. The van der Waals surface area contributed by atoms with Crippen molar-refractivity contribution >= 4 is 23.0 Å². The first kappa shape index (κ1) is 12.9. The maximum atomic E-state index is 5.12. The molecule has 0 aliphatic rings. The monoisotopic (exact) mass is 240 g/mol. The molecule has 4 nitrogen and oxygen atoms in total. The number of rotatable bonds is 5. The summed E-state index contributed by atoms with van der Waals surface area (Å²) in [5.74, 6) is 0. The summed E-state index contributed by atoms with van der Waals surface area (Å²) >= 11 is 5.12. The van der Waals surface area contributed by atoms with Gasteiger partial charge in [0.25, 0.3) is 0 Å². The van der Waals surface area contributed by atoms with Crippen LogP contribution in [0.3, 0.4) is 0 Å². The van der Waals surface area contributed by atoms with E-state index >= 15 is 0 Å². The van der Waals surface area contributed by atoms with Gasteiger partial charge in [-0.2, -0.15) is 0 Å². The molecule has 0 saturated carbocycles. The molecule has 0 aliphatic carbocycles. The van der Waals surface area contributed by atoms with E-state index in [4.69, 9.17) is 21.7 Å². The third kappa shape index (κ3) is 4.57. The predicted octanol–water partition coefficient (Wildman–Crippen LogP) is 1.59. The van der Waals surface area contributed by atoms with Crippen molar-refractivity contribution in [1.82, 2.24) is 5.32 Å². The molecular formula is C11H16N2O2S. The van der Waals surface area contributed by atoms with Crippen molar-refractivity contribution in [3.63, 3.8) is 0 Å². The summed E-state index contributed by atoms with van der Waals surface area (Å²) in [5.41, 5.74) is 0.950. The van der Waals surface area contributed by atoms with Crippen molar-refractivity contribution < 1.29 is 9.47 Å². The van der Waals surface area contributed by atoms with E-state index in [0.29, 0.717) is 11.7 Å². The molecule has 0 spiro atoms. The molecule has 0 heterocycles. The molecule has 0 fully saturated rings. The van der Waals surface area contributed by atoms with Crippen LogP contribution in [0, 0.1) is 0 Å². The third-order valence-corrected chi connectivity index (χ3v) is 2.23. The lowest BCUT2D eigenvalue weighted by Crippen LogP contribution is -2.36. The molecule has 0 amide bonds. The maximum absolute atomic E-state index is 5.12. The summed E-state index contributed by atoms with van der Waals surface area (Å²) in [5, 5.41) is 6.60. The molecule has 1 rings (SSSR count). The number of benzene rings is 1. The fourth-order valence-electron chi connectivity index (χ4n) is 1.14. The lowest BCUT2D eigenvalue weighted by molar-refractivity contribution is -0.0964. The minimum absolute atomic E-state index is 0.296. The molecule has 1 aromatic carbocycles. The van der Waals surface area contributed by atoms with Gasteiger partial charge in [0.2, 0.25) is 0 Å². The Hall–Kier alpha value is -1.17. The minimum Gasteiger partial charge on any atom is -0.357 e. The number of anilines is 1. The standard InChI is InChI=1S/C11H16N2O2S/c1-14-10(15-2)8-12-11(16)13-9-6-4-3-5-7-9/h3-7,10H,8H2,1-2H3,(H2,12,13,16). The summed E-state index contributed by atoms with van der Waals surface area (Å²) in [6, 6.07) is 9.72. The van der Waals surface area contributed by atoms with Gasteiger partial charge in [0.1, 0.15) is 0 Å². The van der Waals surface area contributed by atoms with Crippen LogP contribution in [0.5, 0.6) is 0 Å². The molecule has 0 saturated heterocycles. The number of hydrogen-bond donors (Lipinski definition) is 2. The van der Waals surface area contributed by atoms with Gasteiger partial charge >= 0.3 is 0 Å². The normalized spacial score (nSPS) is 10.2. The van der Waals surface area contributed by atoms with Crippen molar-refractivity contribution in [3.05, 3.63) is 30.3 Å². The fraction of sp³-hybridized carbons (Fsp3) is 0.364. The number of para-hydroxylation sites is 1. The Kier molecular flexibility index (Phi) is 5.77. The first-order valence-electron chi connectivity index (χ1n) is 4.91. The Labute approximate surface area is 101 Å². The highest BCUT2D eigenvalue weighted by molar-refractivity contribution is 7.80. The summed E-state index contributed by atoms with van der Waals surface area (Å²) in [4.78, 5) is 0. The van der Waals surface area contributed by atoms with Crippen molar-refractivity contribution in [2.24, 2.45) is 0 Å². The van der Waals surface area contributed by atoms with E-state index < -0.39 is 0 Å². The van der Waals surface area contributed by atoms with E-state index in [1.165, 1.54) is 0 Å². The Morgan fingerprint density at radius 3 is 2.44 bits per heavy atom. The number of thiocarbonyl (C=S) groups is 1. The second kappa shape index (κ2) is 7.16. The fourth-order valence-corrected chi connectivity index (χ4v) is 1.34. The molecule has 2 N–H and O–H groups in total. The van der Waals surface area contributed by atoms with Crippen LogP contribution in [-0.2, 0) is 9.47 Å². The van der Waals surface area contributed by atoms with E-state index in [1.807, 2.05) is 30.3 Å². The highest BCUT2D eigenvalue weighted by Crippen LogP contribution is 2.04. The number of ether oxygens (including phenoxy) is 2. The number of methoxy groups -OCH3 is 2. The lowest BCUT2D eigenvalue weighted by atomic mass is 10.3. The van der Waals surface area contributed by atoms with E-state index in [-0.39, 0.29) is 6.29 Å². The van der Waals surface area contributed by atoms with E-state index in [2.05, 4.69) is 10.6 Å². The van der Waals surface area contributed by atoms with Gasteiger partial charge in [-0.1, -0.05) is 18.2 Å². The predicted molar refractivity (Wildman–Crippen MR) is 68.5 cm³/mol. The summed E-state index contributed by atoms with van der Waals surface area (Å²) in [6.45, 7) is 0.506. The minimum atomic E-state index is -0.296. The SMILES string of the molecule is COC(CNC(=S)Nc1ccccc1)OC. The molecular weight excluding hydrogens is 224 g/mol. The first-order valence-corrected chi connectivity index (χ1v) is 5.32. The van der Waals surface area contributed by atoms with Crippen molar-refractivity contribution in [2.45, 2.75) is 6.29 Å². The molecule has 0 aliphatic heterocycles. The zero-order valence-corrected chi connectivity index (χ0v) is 10.2. The highest BCUT2D eigenvalue weighted by Gasteiger charge is 2.05. The van der Waals surface area contributed by atoms with Crippen LogP contribution in [0.1, 0.15) is 0 Å². The zero-order chi connectivity index (χ0) is 11.8. The van der Waals surface area contributed by atoms with Crippen LogP contribution in [0.25, 0.3) is 0 Å². The first-order chi connectivity index (χ1) is 7.76. The second-order valence-corrected chi connectivity index (χ2v) is 3.51. The lowest BCUT2D eigenvalue weighted by Gasteiger charge is -2.16. The van der Waals surface area contributed by atoms with Crippen LogP contribution in [-0.4, -0.2) is 32.2 Å². The molecule has 5 heteroatoms. The van der Waals surface area contributed by atoms with Gasteiger partial charge in [0.15, 0.2) is 11.4 Å². The second-order valence-electron chi connectivity index (χ2n) is 3.10. The Morgan fingerprint density at radius 1 is 1.25 bits per heavy atom. The van der Waals surface area contributed by atoms with Gasteiger partial charge < -0.3 is 20.1 Å².